The Morgan fingerprint density at radius 3 is 2.76 bits per heavy atom. The molecule has 1 aromatic rings. The topological polar surface area (TPSA) is 32.3 Å². The van der Waals surface area contributed by atoms with Gasteiger partial charge in [-0.2, -0.15) is 0 Å². The molecular weight excluding hydrogens is 267 g/mol. The standard InChI is InChI=1S/C17H23FN2O/c1-12(10-19-17(2,3)4)11-20-15-9-14(18)7-5-13(15)6-8-16(20)21/h5,7,9,19H,1,6,8,10-11H2,2-4H3. The van der Waals surface area contributed by atoms with E-state index in [-0.39, 0.29) is 17.3 Å². The van der Waals surface area contributed by atoms with Crippen molar-refractivity contribution in [1.82, 2.24) is 5.32 Å². The molecule has 0 fully saturated rings. The van der Waals surface area contributed by atoms with Crippen LogP contribution >= 0.6 is 0 Å². The van der Waals surface area contributed by atoms with Crippen LogP contribution in [0.4, 0.5) is 10.1 Å². The van der Waals surface area contributed by atoms with Crippen LogP contribution in [-0.2, 0) is 11.2 Å². The number of amides is 1. The van der Waals surface area contributed by atoms with E-state index in [2.05, 4.69) is 32.7 Å². The summed E-state index contributed by atoms with van der Waals surface area (Å²) >= 11 is 0. The van der Waals surface area contributed by atoms with E-state index in [1.54, 1.807) is 11.0 Å². The summed E-state index contributed by atoms with van der Waals surface area (Å²) in [5.41, 5.74) is 2.62. The molecule has 0 atom stereocenters. The number of aryl methyl sites for hydroxylation is 1. The number of rotatable bonds is 4. The molecule has 0 spiro atoms. The van der Waals surface area contributed by atoms with E-state index >= 15 is 0 Å². The number of fused-ring (bicyclic) bond motifs is 1. The first kappa shape index (κ1) is 15.7. The van der Waals surface area contributed by atoms with Crippen LogP contribution in [0, 0.1) is 5.82 Å². The minimum Gasteiger partial charge on any atom is -0.308 e. The molecule has 114 valence electrons. The van der Waals surface area contributed by atoms with E-state index in [0.717, 1.165) is 11.1 Å². The maximum atomic E-state index is 13.5. The van der Waals surface area contributed by atoms with Gasteiger partial charge in [-0.3, -0.25) is 4.79 Å². The van der Waals surface area contributed by atoms with Gasteiger partial charge in [0, 0.05) is 25.0 Å². The van der Waals surface area contributed by atoms with E-state index in [1.165, 1.54) is 12.1 Å². The minimum absolute atomic E-state index is 0.00113. The van der Waals surface area contributed by atoms with Crippen LogP contribution in [0.15, 0.2) is 30.4 Å². The van der Waals surface area contributed by atoms with E-state index < -0.39 is 0 Å². The first-order valence-electron chi connectivity index (χ1n) is 7.27. The second kappa shape index (κ2) is 5.98. The molecule has 21 heavy (non-hydrogen) atoms. The number of anilines is 1. The molecule has 1 aromatic carbocycles. The van der Waals surface area contributed by atoms with Crippen molar-refractivity contribution >= 4 is 11.6 Å². The van der Waals surface area contributed by atoms with Gasteiger partial charge in [0.15, 0.2) is 0 Å². The molecule has 0 unspecified atom stereocenters. The molecule has 3 nitrogen and oxygen atoms in total. The van der Waals surface area contributed by atoms with Gasteiger partial charge in [0.2, 0.25) is 5.91 Å². The summed E-state index contributed by atoms with van der Waals surface area (Å²) in [5.74, 6) is -0.281. The van der Waals surface area contributed by atoms with Crippen LogP contribution in [-0.4, -0.2) is 24.5 Å². The Labute approximate surface area is 125 Å². The molecule has 0 aliphatic carbocycles. The zero-order valence-corrected chi connectivity index (χ0v) is 13.0. The molecule has 1 aliphatic heterocycles. The Hall–Kier alpha value is -1.68. The zero-order chi connectivity index (χ0) is 15.6. The Kier molecular flexibility index (Phi) is 4.47. The SMILES string of the molecule is C=C(CNC(C)(C)C)CN1C(=O)CCc2ccc(F)cc21. The molecule has 0 saturated carbocycles. The summed E-state index contributed by atoms with van der Waals surface area (Å²) < 4.78 is 13.5. The van der Waals surface area contributed by atoms with Crippen LogP contribution in [0.3, 0.4) is 0 Å². The summed E-state index contributed by atoms with van der Waals surface area (Å²) in [7, 11) is 0. The maximum Gasteiger partial charge on any atom is 0.227 e. The molecule has 1 amide bonds. The smallest absolute Gasteiger partial charge is 0.227 e. The van der Waals surface area contributed by atoms with Crippen molar-refractivity contribution < 1.29 is 9.18 Å². The molecule has 1 heterocycles. The van der Waals surface area contributed by atoms with Gasteiger partial charge < -0.3 is 10.2 Å². The third-order valence-corrected chi connectivity index (χ3v) is 3.50. The molecule has 0 bridgehead atoms. The van der Waals surface area contributed by atoms with E-state index in [0.29, 0.717) is 31.6 Å². The lowest BCUT2D eigenvalue weighted by Crippen LogP contribution is -2.41. The molecule has 2 rings (SSSR count). The quantitative estimate of drug-likeness (QED) is 0.864. The molecule has 0 radical (unpaired) electrons. The summed E-state index contributed by atoms with van der Waals surface area (Å²) in [4.78, 5) is 13.8. The highest BCUT2D eigenvalue weighted by molar-refractivity contribution is 5.96. The lowest BCUT2D eigenvalue weighted by molar-refractivity contribution is -0.118. The first-order valence-corrected chi connectivity index (χ1v) is 7.27. The van der Waals surface area contributed by atoms with Gasteiger partial charge in [-0.1, -0.05) is 12.6 Å². The summed E-state index contributed by atoms with van der Waals surface area (Å²) in [6.45, 7) is 11.3. The van der Waals surface area contributed by atoms with Crippen molar-refractivity contribution in [2.45, 2.75) is 39.2 Å². The van der Waals surface area contributed by atoms with Crippen LogP contribution in [0.2, 0.25) is 0 Å². The second-order valence-corrected chi connectivity index (χ2v) is 6.61. The van der Waals surface area contributed by atoms with Crippen LogP contribution in [0.1, 0.15) is 32.8 Å². The van der Waals surface area contributed by atoms with Crippen molar-refractivity contribution in [2.24, 2.45) is 0 Å². The van der Waals surface area contributed by atoms with E-state index in [1.807, 2.05) is 0 Å². The predicted molar refractivity (Wildman–Crippen MR) is 84.0 cm³/mol. The molecule has 1 N–H and O–H groups in total. The molecule has 0 aromatic heterocycles. The maximum absolute atomic E-state index is 13.5. The summed E-state index contributed by atoms with van der Waals surface area (Å²) in [6, 6.07) is 4.65. The van der Waals surface area contributed by atoms with Crippen LogP contribution in [0.5, 0.6) is 0 Å². The Balaban J connectivity index is 2.11. The largest absolute Gasteiger partial charge is 0.308 e. The predicted octanol–water partition coefficient (Wildman–Crippen LogP) is 3.05. The number of nitrogens with zero attached hydrogens (tertiary/aromatic N) is 1. The molecular formula is C17H23FN2O. The fourth-order valence-corrected chi connectivity index (χ4v) is 2.35. The van der Waals surface area contributed by atoms with Crippen molar-refractivity contribution in [1.29, 1.82) is 0 Å². The van der Waals surface area contributed by atoms with Crippen molar-refractivity contribution in [3.05, 3.63) is 41.7 Å². The normalized spacial score (nSPS) is 15.0. The third-order valence-electron chi connectivity index (χ3n) is 3.50. The average Bonchev–Trinajstić information content (AvgIpc) is 2.39. The molecule has 4 heteroatoms. The second-order valence-electron chi connectivity index (χ2n) is 6.61. The number of benzene rings is 1. The lowest BCUT2D eigenvalue weighted by Gasteiger charge is -2.31. The molecule has 0 saturated heterocycles. The summed E-state index contributed by atoms with van der Waals surface area (Å²) in [6.07, 6.45) is 1.15. The first-order chi connectivity index (χ1) is 9.76. The third kappa shape index (κ3) is 4.14. The number of nitrogens with one attached hydrogen (secondary N) is 1. The Morgan fingerprint density at radius 1 is 1.38 bits per heavy atom. The Bertz CT molecular complexity index is 560. The van der Waals surface area contributed by atoms with Gasteiger partial charge in [-0.15, -0.1) is 0 Å². The number of hydrogen-bond donors (Lipinski definition) is 1. The Morgan fingerprint density at radius 2 is 2.10 bits per heavy atom. The highest BCUT2D eigenvalue weighted by Gasteiger charge is 2.25. The average molecular weight is 290 g/mol. The van der Waals surface area contributed by atoms with Crippen molar-refractivity contribution in [3.8, 4) is 0 Å². The van der Waals surface area contributed by atoms with E-state index in [4.69, 9.17) is 0 Å². The number of carbonyl (C=O) groups excluding carboxylic acids is 1. The number of halogens is 1. The van der Waals surface area contributed by atoms with Gasteiger partial charge in [0.05, 0.1) is 5.69 Å². The zero-order valence-electron chi connectivity index (χ0n) is 13.0. The van der Waals surface area contributed by atoms with Crippen molar-refractivity contribution in [2.75, 3.05) is 18.0 Å². The van der Waals surface area contributed by atoms with Crippen LogP contribution < -0.4 is 10.2 Å². The van der Waals surface area contributed by atoms with Gasteiger partial charge >= 0.3 is 0 Å². The minimum atomic E-state index is -0.313. The van der Waals surface area contributed by atoms with Crippen LogP contribution in [0.25, 0.3) is 0 Å². The fourth-order valence-electron chi connectivity index (χ4n) is 2.35. The lowest BCUT2D eigenvalue weighted by atomic mass is 10.0. The monoisotopic (exact) mass is 290 g/mol. The van der Waals surface area contributed by atoms with Gasteiger partial charge in [-0.05, 0) is 50.5 Å². The van der Waals surface area contributed by atoms with Gasteiger partial charge in [-0.25, -0.2) is 4.39 Å². The van der Waals surface area contributed by atoms with E-state index in [9.17, 15) is 9.18 Å². The fraction of sp³-hybridized carbons (Fsp3) is 0.471. The van der Waals surface area contributed by atoms with Crippen molar-refractivity contribution in [3.63, 3.8) is 0 Å². The highest BCUT2D eigenvalue weighted by atomic mass is 19.1. The number of hydrogen-bond acceptors (Lipinski definition) is 2. The number of carbonyl (C=O) groups is 1. The highest BCUT2D eigenvalue weighted by Crippen LogP contribution is 2.29. The van der Waals surface area contributed by atoms with Gasteiger partial charge in [0.1, 0.15) is 5.82 Å². The van der Waals surface area contributed by atoms with Gasteiger partial charge in [0.25, 0.3) is 0 Å². The molecule has 1 aliphatic rings. The summed E-state index contributed by atoms with van der Waals surface area (Å²) in [5, 5.41) is 3.35.